The minimum Gasteiger partial charge on any atom is -0.295 e. The van der Waals surface area contributed by atoms with Crippen LogP contribution >= 0.6 is 0 Å². The number of hydrogen-bond acceptors (Lipinski definition) is 3. The van der Waals surface area contributed by atoms with Gasteiger partial charge in [-0.15, -0.1) is 0 Å². The van der Waals surface area contributed by atoms with Crippen molar-refractivity contribution in [3.8, 4) is 0 Å². The summed E-state index contributed by atoms with van der Waals surface area (Å²) in [7, 11) is 0. The molecule has 6 aliphatic rings. The first kappa shape index (κ1) is 29.9. The largest absolute Gasteiger partial charge is 0.295 e. The van der Waals surface area contributed by atoms with Crippen LogP contribution in [0, 0.1) is 16.2 Å². The number of piperidine rings is 1. The van der Waals surface area contributed by atoms with Crippen LogP contribution in [-0.2, 0) is 0 Å². The topological polar surface area (TPSA) is 9.72 Å². The molecule has 6 fully saturated rings. The van der Waals surface area contributed by atoms with E-state index in [0.717, 1.165) is 54.4 Å². The fraction of sp³-hybridized carbons (Fsp3) is 1.00. The summed E-state index contributed by atoms with van der Waals surface area (Å²) in [4.78, 5) is 8.27. The predicted octanol–water partition coefficient (Wildman–Crippen LogP) is 8.36. The molecule has 0 aromatic rings. The highest BCUT2D eigenvalue weighted by atomic mass is 15.3. The van der Waals surface area contributed by atoms with Crippen LogP contribution in [0.5, 0.6) is 0 Å². The van der Waals surface area contributed by atoms with E-state index in [1.807, 2.05) is 0 Å². The molecule has 6 saturated heterocycles. The minimum absolute atomic E-state index is 0.590. The molecule has 0 amide bonds. The maximum Gasteiger partial charge on any atom is 0.0153 e. The standard InChI is InChI=1S/C12H23N.2C11H21N/c1-9(2)13-10-5-6-11(13)8-12(3,4)7-10;2*1-8(2)12-9-5-6-10(12)11(3,4)7-9/h9-11H,5-8H2,1-4H3;2*8-10H,5-7H2,1-4H3. The van der Waals surface area contributed by atoms with E-state index in [9.17, 15) is 0 Å². The molecule has 6 unspecified atom stereocenters. The molecule has 37 heavy (non-hydrogen) atoms. The van der Waals surface area contributed by atoms with Crippen LogP contribution in [0.15, 0.2) is 0 Å². The van der Waals surface area contributed by atoms with Gasteiger partial charge in [0.1, 0.15) is 0 Å². The van der Waals surface area contributed by atoms with Crippen molar-refractivity contribution in [2.24, 2.45) is 16.2 Å². The van der Waals surface area contributed by atoms with E-state index in [1.165, 1.54) is 64.2 Å². The van der Waals surface area contributed by atoms with Crippen molar-refractivity contribution < 1.29 is 0 Å². The van der Waals surface area contributed by atoms with Crippen LogP contribution in [0.1, 0.15) is 147 Å². The van der Waals surface area contributed by atoms with Gasteiger partial charge in [0.15, 0.2) is 0 Å². The van der Waals surface area contributed by atoms with Crippen LogP contribution in [0.3, 0.4) is 0 Å². The van der Waals surface area contributed by atoms with Crippen molar-refractivity contribution in [2.75, 3.05) is 0 Å². The van der Waals surface area contributed by atoms with Gasteiger partial charge in [0.2, 0.25) is 0 Å². The van der Waals surface area contributed by atoms with Crippen molar-refractivity contribution in [1.82, 2.24) is 14.7 Å². The van der Waals surface area contributed by atoms with Crippen molar-refractivity contribution in [2.45, 2.75) is 202 Å². The van der Waals surface area contributed by atoms with Gasteiger partial charge >= 0.3 is 0 Å². The summed E-state index contributed by atoms with van der Waals surface area (Å²) in [5.41, 5.74) is 1.79. The molecule has 6 bridgehead atoms. The van der Waals surface area contributed by atoms with Crippen molar-refractivity contribution in [3.05, 3.63) is 0 Å². The van der Waals surface area contributed by atoms with E-state index in [4.69, 9.17) is 0 Å². The summed E-state index contributed by atoms with van der Waals surface area (Å²) in [6, 6.07) is 7.63. The average molecular weight is 516 g/mol. The fourth-order valence-corrected chi connectivity index (χ4v) is 10.5. The highest BCUT2D eigenvalue weighted by Gasteiger charge is 2.52. The molecule has 0 aromatic heterocycles. The second kappa shape index (κ2) is 10.7. The summed E-state index contributed by atoms with van der Waals surface area (Å²) in [6.07, 6.45) is 14.4. The van der Waals surface area contributed by atoms with Gasteiger partial charge in [-0.2, -0.15) is 0 Å². The maximum absolute atomic E-state index is 2.77. The third-order valence-electron chi connectivity index (χ3n) is 11.5. The molecule has 6 aliphatic heterocycles. The Kier molecular flexibility index (Phi) is 8.63. The smallest absolute Gasteiger partial charge is 0.0153 e. The Morgan fingerprint density at radius 2 is 0.730 bits per heavy atom. The average Bonchev–Trinajstić information content (AvgIpc) is 3.50. The molecular weight excluding hydrogens is 450 g/mol. The van der Waals surface area contributed by atoms with Gasteiger partial charge < -0.3 is 0 Å². The number of fused-ring (bicyclic) bond motifs is 6. The lowest BCUT2D eigenvalue weighted by atomic mass is 9.77. The number of nitrogens with zero attached hydrogens (tertiary/aromatic N) is 3. The van der Waals surface area contributed by atoms with Gasteiger partial charge in [-0.1, -0.05) is 41.5 Å². The Hall–Kier alpha value is -0.120. The second-order valence-corrected chi connectivity index (χ2v) is 17.0. The molecule has 0 N–H and O–H groups in total. The van der Waals surface area contributed by atoms with Crippen molar-refractivity contribution >= 4 is 0 Å². The first-order chi connectivity index (χ1) is 17.0. The third-order valence-corrected chi connectivity index (χ3v) is 11.5. The van der Waals surface area contributed by atoms with Crippen LogP contribution in [0.4, 0.5) is 0 Å². The van der Waals surface area contributed by atoms with Gasteiger partial charge in [-0.25, -0.2) is 0 Å². The maximum atomic E-state index is 2.77. The summed E-state index contributed by atoms with van der Waals surface area (Å²) >= 11 is 0. The SMILES string of the molecule is CC(C)N1C2CCC1C(C)(C)C2.CC(C)N1C2CCC1C(C)(C)C2.CC(C)N1C2CCC1CC(C)(C)C2. The molecule has 6 atom stereocenters. The van der Waals surface area contributed by atoms with Crippen LogP contribution < -0.4 is 0 Å². The summed E-state index contributed by atoms with van der Waals surface area (Å²) in [5.74, 6) is 0. The van der Waals surface area contributed by atoms with Gasteiger partial charge in [-0.3, -0.25) is 14.7 Å². The van der Waals surface area contributed by atoms with Gasteiger partial charge in [0, 0.05) is 54.4 Å². The van der Waals surface area contributed by atoms with E-state index < -0.39 is 0 Å². The highest BCUT2D eigenvalue weighted by molar-refractivity contribution is 5.06. The Labute approximate surface area is 232 Å². The van der Waals surface area contributed by atoms with E-state index in [1.54, 1.807) is 0 Å². The molecule has 0 aromatic carbocycles. The van der Waals surface area contributed by atoms with Crippen LogP contribution in [0.2, 0.25) is 0 Å². The molecule has 6 rings (SSSR count). The number of hydrogen-bond donors (Lipinski definition) is 0. The zero-order chi connectivity index (χ0) is 27.5. The Morgan fingerprint density at radius 1 is 0.432 bits per heavy atom. The Morgan fingerprint density at radius 3 is 0.946 bits per heavy atom. The third kappa shape index (κ3) is 6.00. The molecule has 0 spiro atoms. The summed E-state index contributed by atoms with van der Waals surface area (Å²) in [6.45, 7) is 28.7. The minimum atomic E-state index is 0.590. The normalized spacial score (nSPS) is 39.3. The van der Waals surface area contributed by atoms with E-state index in [2.05, 4.69) is 97.8 Å². The van der Waals surface area contributed by atoms with E-state index in [-0.39, 0.29) is 0 Å². The zero-order valence-electron chi connectivity index (χ0n) is 27.1. The fourth-order valence-electron chi connectivity index (χ4n) is 10.5. The zero-order valence-corrected chi connectivity index (χ0v) is 27.1. The summed E-state index contributed by atoms with van der Waals surface area (Å²) < 4.78 is 0. The molecule has 6 heterocycles. The monoisotopic (exact) mass is 516 g/mol. The van der Waals surface area contributed by atoms with E-state index in [0.29, 0.717) is 16.2 Å². The van der Waals surface area contributed by atoms with Crippen molar-refractivity contribution in [1.29, 1.82) is 0 Å². The van der Waals surface area contributed by atoms with Crippen LogP contribution in [0.25, 0.3) is 0 Å². The lowest BCUT2D eigenvalue weighted by Crippen LogP contribution is -2.48. The molecule has 216 valence electrons. The molecule has 0 saturated carbocycles. The number of rotatable bonds is 3. The molecular formula is C34H65N3. The van der Waals surface area contributed by atoms with E-state index >= 15 is 0 Å². The quantitative estimate of drug-likeness (QED) is 0.374. The van der Waals surface area contributed by atoms with Crippen LogP contribution in [-0.4, -0.2) is 69.1 Å². The Bertz CT molecular complexity index is 707. The van der Waals surface area contributed by atoms with Crippen molar-refractivity contribution in [3.63, 3.8) is 0 Å². The first-order valence-electron chi connectivity index (χ1n) is 16.4. The lowest BCUT2D eigenvalue weighted by Gasteiger charge is -2.45. The highest BCUT2D eigenvalue weighted by Crippen LogP contribution is 2.51. The van der Waals surface area contributed by atoms with Gasteiger partial charge in [0.25, 0.3) is 0 Å². The lowest BCUT2D eigenvalue weighted by molar-refractivity contribution is 0.0389. The first-order valence-corrected chi connectivity index (χ1v) is 16.4. The Balaban J connectivity index is 0.000000130. The second-order valence-electron chi connectivity index (χ2n) is 17.0. The summed E-state index contributed by atoms with van der Waals surface area (Å²) in [5, 5.41) is 0. The molecule has 0 aliphatic carbocycles. The molecule has 3 nitrogen and oxygen atoms in total. The molecule has 3 heteroatoms. The van der Waals surface area contributed by atoms with Gasteiger partial charge in [-0.05, 0) is 122 Å². The molecule has 0 radical (unpaired) electrons. The predicted molar refractivity (Wildman–Crippen MR) is 161 cm³/mol. The van der Waals surface area contributed by atoms with Gasteiger partial charge in [0.05, 0.1) is 0 Å².